The highest BCUT2D eigenvalue weighted by Gasteiger charge is 2.23. The first kappa shape index (κ1) is 20.9. The lowest BCUT2D eigenvalue weighted by molar-refractivity contribution is 0.0985. The molecule has 1 heterocycles. The Morgan fingerprint density at radius 3 is 2.54 bits per heavy atom. The molecule has 0 radical (unpaired) electrons. The molecule has 3 aromatic rings. The average molecular weight is 431 g/mol. The van der Waals surface area contributed by atoms with E-state index in [9.17, 15) is 4.79 Å². The molecule has 0 saturated carbocycles. The number of rotatable bonds is 5. The SMILES string of the molecule is CN(C)CCN(C(=O)c1cc(Cl)ccc1Cl)c1nc2ccccc2s1.Cl. The minimum Gasteiger partial charge on any atom is -0.308 e. The van der Waals surface area contributed by atoms with Gasteiger partial charge in [-0.1, -0.05) is 46.7 Å². The van der Waals surface area contributed by atoms with Crippen LogP contribution in [0.1, 0.15) is 10.4 Å². The van der Waals surface area contributed by atoms with Crippen LogP contribution in [0.25, 0.3) is 10.2 Å². The molecule has 2 aromatic carbocycles. The molecule has 8 heteroatoms. The number of hydrogen-bond donors (Lipinski definition) is 0. The first-order valence-corrected chi connectivity index (χ1v) is 9.30. The quantitative estimate of drug-likeness (QED) is 0.556. The molecule has 0 aliphatic heterocycles. The zero-order valence-corrected chi connectivity index (χ0v) is 17.4. The van der Waals surface area contributed by atoms with Crippen molar-refractivity contribution >= 4 is 68.2 Å². The van der Waals surface area contributed by atoms with Gasteiger partial charge >= 0.3 is 0 Å². The molecule has 0 aliphatic carbocycles. The molecule has 1 aromatic heterocycles. The van der Waals surface area contributed by atoms with Crippen LogP contribution in [0.3, 0.4) is 0 Å². The number of amides is 1. The fourth-order valence-corrected chi connectivity index (χ4v) is 3.73. The highest BCUT2D eigenvalue weighted by Crippen LogP contribution is 2.31. The van der Waals surface area contributed by atoms with Crippen molar-refractivity contribution in [2.75, 3.05) is 32.1 Å². The molecule has 0 atom stereocenters. The minimum absolute atomic E-state index is 0. The number of fused-ring (bicyclic) bond motifs is 1. The van der Waals surface area contributed by atoms with Gasteiger partial charge in [-0.25, -0.2) is 4.98 Å². The largest absolute Gasteiger partial charge is 0.308 e. The molecule has 138 valence electrons. The van der Waals surface area contributed by atoms with Gasteiger partial charge in [0.2, 0.25) is 0 Å². The van der Waals surface area contributed by atoms with Gasteiger partial charge in [-0.15, -0.1) is 12.4 Å². The number of thiazole rings is 1. The van der Waals surface area contributed by atoms with Crippen molar-refractivity contribution in [3.8, 4) is 0 Å². The third-order valence-electron chi connectivity index (χ3n) is 3.69. The fraction of sp³-hybridized carbons (Fsp3) is 0.222. The second-order valence-electron chi connectivity index (χ2n) is 5.85. The zero-order valence-electron chi connectivity index (χ0n) is 14.3. The van der Waals surface area contributed by atoms with Crippen LogP contribution < -0.4 is 4.90 Å². The lowest BCUT2D eigenvalue weighted by Gasteiger charge is -2.22. The highest BCUT2D eigenvalue weighted by molar-refractivity contribution is 7.22. The van der Waals surface area contributed by atoms with E-state index in [2.05, 4.69) is 4.98 Å². The number of hydrogen-bond acceptors (Lipinski definition) is 4. The standard InChI is InChI=1S/C18H17Cl2N3OS.ClH/c1-22(2)9-10-23(17(24)13-11-12(19)7-8-14(13)20)18-21-15-5-3-4-6-16(15)25-18;/h3-8,11H,9-10H2,1-2H3;1H. The molecule has 0 bridgehead atoms. The smallest absolute Gasteiger partial charge is 0.261 e. The summed E-state index contributed by atoms with van der Waals surface area (Å²) in [5.41, 5.74) is 1.26. The number of carbonyl (C=O) groups excluding carboxylic acids is 1. The Hall–Kier alpha value is -1.37. The van der Waals surface area contributed by atoms with Crippen LogP contribution in [0.4, 0.5) is 5.13 Å². The van der Waals surface area contributed by atoms with Gasteiger partial charge < -0.3 is 4.90 Å². The topological polar surface area (TPSA) is 36.4 Å². The van der Waals surface area contributed by atoms with Gasteiger partial charge in [-0.05, 0) is 44.4 Å². The fourth-order valence-electron chi connectivity index (χ4n) is 2.37. The Labute approximate surface area is 172 Å². The zero-order chi connectivity index (χ0) is 18.0. The third kappa shape index (κ3) is 4.67. The molecule has 0 N–H and O–H groups in total. The number of carbonyl (C=O) groups is 1. The van der Waals surface area contributed by atoms with Gasteiger partial charge in [-0.2, -0.15) is 0 Å². The highest BCUT2D eigenvalue weighted by atomic mass is 35.5. The van der Waals surface area contributed by atoms with Crippen molar-refractivity contribution in [1.29, 1.82) is 0 Å². The van der Waals surface area contributed by atoms with E-state index in [1.807, 2.05) is 43.3 Å². The predicted octanol–water partition coefficient (Wildman–Crippen LogP) is 5.23. The van der Waals surface area contributed by atoms with E-state index in [1.54, 1.807) is 23.1 Å². The maximum Gasteiger partial charge on any atom is 0.261 e. The molecule has 4 nitrogen and oxygen atoms in total. The molecule has 0 spiro atoms. The lowest BCUT2D eigenvalue weighted by atomic mass is 10.2. The Kier molecular flexibility index (Phi) is 7.26. The summed E-state index contributed by atoms with van der Waals surface area (Å²) in [5, 5.41) is 1.51. The molecule has 0 unspecified atom stereocenters. The summed E-state index contributed by atoms with van der Waals surface area (Å²) in [6.07, 6.45) is 0. The number of aromatic nitrogens is 1. The summed E-state index contributed by atoms with van der Waals surface area (Å²) in [6, 6.07) is 12.7. The summed E-state index contributed by atoms with van der Waals surface area (Å²) in [5.74, 6) is -0.201. The van der Waals surface area contributed by atoms with Gasteiger partial charge in [0, 0.05) is 18.1 Å². The van der Waals surface area contributed by atoms with Crippen LogP contribution in [0.15, 0.2) is 42.5 Å². The van der Waals surface area contributed by atoms with E-state index in [0.717, 1.165) is 10.2 Å². The summed E-state index contributed by atoms with van der Waals surface area (Å²) in [6.45, 7) is 1.22. The van der Waals surface area contributed by atoms with Crippen molar-refractivity contribution < 1.29 is 4.79 Å². The Bertz CT molecular complexity index is 881. The van der Waals surface area contributed by atoms with Gasteiger partial charge in [0.15, 0.2) is 5.13 Å². The van der Waals surface area contributed by atoms with Crippen LogP contribution in [0, 0.1) is 0 Å². The maximum atomic E-state index is 13.1. The molecule has 0 saturated heterocycles. The molecule has 0 fully saturated rings. The first-order valence-electron chi connectivity index (χ1n) is 7.73. The van der Waals surface area contributed by atoms with E-state index in [1.165, 1.54) is 11.3 Å². The summed E-state index contributed by atoms with van der Waals surface area (Å²) < 4.78 is 1.04. The molecule has 3 rings (SSSR count). The number of nitrogens with zero attached hydrogens (tertiary/aromatic N) is 3. The first-order chi connectivity index (χ1) is 12.0. The molecular weight excluding hydrogens is 413 g/mol. The number of halogens is 3. The number of benzene rings is 2. The normalized spacial score (nSPS) is 10.8. The third-order valence-corrected chi connectivity index (χ3v) is 5.31. The minimum atomic E-state index is -0.201. The molecule has 0 aliphatic rings. The Balaban J connectivity index is 0.00000243. The van der Waals surface area contributed by atoms with E-state index in [4.69, 9.17) is 23.2 Å². The van der Waals surface area contributed by atoms with Gasteiger partial charge in [0.1, 0.15) is 0 Å². The van der Waals surface area contributed by atoms with Crippen LogP contribution in [0.2, 0.25) is 10.0 Å². The number of likely N-dealkylation sites (N-methyl/N-ethyl adjacent to an activating group) is 1. The molecule has 1 amide bonds. The van der Waals surface area contributed by atoms with E-state index in [0.29, 0.717) is 33.8 Å². The monoisotopic (exact) mass is 429 g/mol. The van der Waals surface area contributed by atoms with Crippen LogP contribution in [-0.4, -0.2) is 43.0 Å². The second-order valence-corrected chi connectivity index (χ2v) is 7.70. The summed E-state index contributed by atoms with van der Waals surface area (Å²) in [7, 11) is 3.93. The van der Waals surface area contributed by atoms with Gasteiger partial charge in [0.25, 0.3) is 5.91 Å². The molecule has 26 heavy (non-hydrogen) atoms. The van der Waals surface area contributed by atoms with Gasteiger partial charge in [0.05, 0.1) is 20.8 Å². The average Bonchev–Trinajstić information content (AvgIpc) is 3.00. The Morgan fingerprint density at radius 2 is 1.85 bits per heavy atom. The van der Waals surface area contributed by atoms with Crippen molar-refractivity contribution in [2.45, 2.75) is 0 Å². The van der Waals surface area contributed by atoms with Crippen LogP contribution >= 0.6 is 46.9 Å². The summed E-state index contributed by atoms with van der Waals surface area (Å²) in [4.78, 5) is 21.4. The summed E-state index contributed by atoms with van der Waals surface area (Å²) >= 11 is 13.8. The van der Waals surface area contributed by atoms with Crippen molar-refractivity contribution in [1.82, 2.24) is 9.88 Å². The van der Waals surface area contributed by atoms with Crippen LogP contribution in [0.5, 0.6) is 0 Å². The maximum absolute atomic E-state index is 13.1. The number of anilines is 1. The number of para-hydroxylation sites is 1. The molecular formula is C18H18Cl3N3OS. The lowest BCUT2D eigenvalue weighted by Crippen LogP contribution is -2.36. The van der Waals surface area contributed by atoms with E-state index < -0.39 is 0 Å². The second kappa shape index (κ2) is 9.02. The Morgan fingerprint density at radius 1 is 1.12 bits per heavy atom. The van der Waals surface area contributed by atoms with E-state index >= 15 is 0 Å². The van der Waals surface area contributed by atoms with Gasteiger partial charge in [-0.3, -0.25) is 9.69 Å². The van der Waals surface area contributed by atoms with E-state index in [-0.39, 0.29) is 18.3 Å². The van der Waals surface area contributed by atoms with Crippen molar-refractivity contribution in [3.05, 3.63) is 58.1 Å². The van der Waals surface area contributed by atoms with Crippen LogP contribution in [-0.2, 0) is 0 Å². The predicted molar refractivity (Wildman–Crippen MR) is 114 cm³/mol. The van der Waals surface area contributed by atoms with Crippen molar-refractivity contribution in [3.63, 3.8) is 0 Å². The van der Waals surface area contributed by atoms with Crippen molar-refractivity contribution in [2.24, 2.45) is 0 Å².